The van der Waals surface area contributed by atoms with Gasteiger partial charge in [0, 0.05) is 5.38 Å². The lowest BCUT2D eigenvalue weighted by Crippen LogP contribution is -1.89. The Morgan fingerprint density at radius 2 is 2.21 bits per heavy atom. The van der Waals surface area contributed by atoms with E-state index in [0.717, 1.165) is 5.01 Å². The van der Waals surface area contributed by atoms with Crippen molar-refractivity contribution in [3.63, 3.8) is 0 Å². The highest BCUT2D eigenvalue weighted by Gasteiger charge is 2.19. The van der Waals surface area contributed by atoms with Crippen LogP contribution in [-0.4, -0.2) is 10.1 Å². The third kappa shape index (κ3) is 2.10. The van der Waals surface area contributed by atoms with E-state index in [4.69, 9.17) is 10.3 Å². The van der Waals surface area contributed by atoms with Crippen LogP contribution in [0.1, 0.15) is 5.01 Å². The van der Waals surface area contributed by atoms with Crippen molar-refractivity contribution in [1.82, 2.24) is 10.1 Å². The van der Waals surface area contributed by atoms with Crippen molar-refractivity contribution in [2.24, 2.45) is 0 Å². The Bertz CT molecular complexity index is 735. The maximum Gasteiger partial charge on any atom is 0.196 e. The first-order chi connectivity index (χ1) is 9.15. The van der Waals surface area contributed by atoms with Crippen molar-refractivity contribution in [1.29, 1.82) is 0 Å². The van der Waals surface area contributed by atoms with Gasteiger partial charge in [-0.2, -0.15) is 0 Å². The minimum atomic E-state index is -0.335. The first kappa shape index (κ1) is 11.9. The first-order valence-corrected chi connectivity index (χ1v) is 6.46. The number of aromatic nitrogens is 2. The van der Waals surface area contributed by atoms with Gasteiger partial charge in [0.2, 0.25) is 0 Å². The molecular weight excluding hydrogens is 265 g/mol. The largest absolute Gasteiger partial charge is 0.380 e. The average molecular weight is 275 g/mol. The number of benzene rings is 1. The van der Waals surface area contributed by atoms with Gasteiger partial charge in [0.25, 0.3) is 0 Å². The van der Waals surface area contributed by atoms with Gasteiger partial charge in [0.1, 0.15) is 11.5 Å². The molecule has 1 aromatic carbocycles. The molecule has 0 atom stereocenters. The summed E-state index contributed by atoms with van der Waals surface area (Å²) in [5, 5.41) is 6.52. The highest BCUT2D eigenvalue weighted by atomic mass is 32.1. The molecule has 19 heavy (non-hydrogen) atoms. The van der Waals surface area contributed by atoms with Gasteiger partial charge in [0.05, 0.1) is 10.6 Å². The Kier molecular flexibility index (Phi) is 2.79. The molecule has 3 rings (SSSR count). The molecule has 96 valence electrons. The van der Waals surface area contributed by atoms with Crippen LogP contribution in [0.15, 0.2) is 34.2 Å². The Balaban J connectivity index is 2.19. The molecule has 0 radical (unpaired) electrons. The van der Waals surface area contributed by atoms with E-state index in [-0.39, 0.29) is 11.6 Å². The maximum absolute atomic E-state index is 13.3. The lowest BCUT2D eigenvalue weighted by Gasteiger charge is -2.00. The van der Waals surface area contributed by atoms with Crippen LogP contribution in [0.25, 0.3) is 22.6 Å². The molecule has 0 unspecified atom stereocenters. The lowest BCUT2D eigenvalue weighted by molar-refractivity contribution is 0.435. The lowest BCUT2D eigenvalue weighted by atomic mass is 10.0. The van der Waals surface area contributed by atoms with E-state index in [9.17, 15) is 4.39 Å². The van der Waals surface area contributed by atoms with E-state index in [2.05, 4.69) is 10.1 Å². The zero-order chi connectivity index (χ0) is 13.4. The second-order valence-corrected chi connectivity index (χ2v) is 5.10. The number of hydrogen-bond acceptors (Lipinski definition) is 5. The summed E-state index contributed by atoms with van der Waals surface area (Å²) in [6, 6.07) is 6.15. The van der Waals surface area contributed by atoms with Crippen LogP contribution in [-0.2, 0) is 0 Å². The Morgan fingerprint density at radius 1 is 1.37 bits per heavy atom. The monoisotopic (exact) mass is 275 g/mol. The van der Waals surface area contributed by atoms with Crippen LogP contribution in [0.2, 0.25) is 0 Å². The van der Waals surface area contributed by atoms with Crippen molar-refractivity contribution in [3.8, 4) is 22.6 Å². The van der Waals surface area contributed by atoms with Gasteiger partial charge in [-0.1, -0.05) is 17.3 Å². The summed E-state index contributed by atoms with van der Waals surface area (Å²) in [5.41, 5.74) is 7.67. The van der Waals surface area contributed by atoms with Crippen LogP contribution in [0.4, 0.5) is 10.2 Å². The predicted molar refractivity (Wildman–Crippen MR) is 72.2 cm³/mol. The number of rotatable bonds is 2. The zero-order valence-corrected chi connectivity index (χ0v) is 10.9. The Morgan fingerprint density at radius 3 is 2.89 bits per heavy atom. The van der Waals surface area contributed by atoms with Crippen molar-refractivity contribution in [3.05, 3.63) is 40.5 Å². The van der Waals surface area contributed by atoms with Gasteiger partial charge in [-0.15, -0.1) is 11.3 Å². The standard InChI is InChI=1S/C13H10FN3OS/c1-7-16-10(6-19-7)12-11(13(15)17-18-12)8-3-2-4-9(14)5-8/h2-6H,1H3,(H2,15,17). The molecule has 6 heteroatoms. The summed E-state index contributed by atoms with van der Waals surface area (Å²) in [7, 11) is 0. The van der Waals surface area contributed by atoms with E-state index in [1.807, 2.05) is 12.3 Å². The fourth-order valence-corrected chi connectivity index (χ4v) is 2.46. The number of nitrogens with two attached hydrogens (primary N) is 1. The van der Waals surface area contributed by atoms with Gasteiger partial charge in [0.15, 0.2) is 11.6 Å². The zero-order valence-electron chi connectivity index (χ0n) is 10.1. The number of hydrogen-bond donors (Lipinski definition) is 1. The number of thiazole rings is 1. The van der Waals surface area contributed by atoms with Crippen molar-refractivity contribution < 1.29 is 8.91 Å². The number of halogens is 1. The minimum absolute atomic E-state index is 0.228. The smallest absolute Gasteiger partial charge is 0.196 e. The van der Waals surface area contributed by atoms with Crippen molar-refractivity contribution >= 4 is 17.2 Å². The molecule has 0 saturated carbocycles. The second-order valence-electron chi connectivity index (χ2n) is 4.03. The van der Waals surface area contributed by atoms with Gasteiger partial charge < -0.3 is 10.3 Å². The van der Waals surface area contributed by atoms with E-state index < -0.39 is 0 Å². The fraction of sp³-hybridized carbons (Fsp3) is 0.0769. The summed E-state index contributed by atoms with van der Waals surface area (Å²) in [6.45, 7) is 1.90. The fourth-order valence-electron chi connectivity index (χ4n) is 1.87. The van der Waals surface area contributed by atoms with E-state index in [0.29, 0.717) is 22.6 Å². The van der Waals surface area contributed by atoms with E-state index in [1.54, 1.807) is 12.1 Å². The summed E-state index contributed by atoms with van der Waals surface area (Å²) >= 11 is 1.50. The van der Waals surface area contributed by atoms with Gasteiger partial charge >= 0.3 is 0 Å². The summed E-state index contributed by atoms with van der Waals surface area (Å²) in [4.78, 5) is 4.34. The molecule has 2 aromatic heterocycles. The highest BCUT2D eigenvalue weighted by molar-refractivity contribution is 7.09. The van der Waals surface area contributed by atoms with Crippen LogP contribution in [0.5, 0.6) is 0 Å². The minimum Gasteiger partial charge on any atom is -0.380 e. The molecule has 0 aliphatic heterocycles. The third-order valence-corrected chi connectivity index (χ3v) is 3.46. The number of aryl methyl sites for hydroxylation is 1. The average Bonchev–Trinajstić information content (AvgIpc) is 2.95. The SMILES string of the molecule is Cc1nc(-c2onc(N)c2-c2cccc(F)c2)cs1. The second kappa shape index (κ2) is 4.47. The molecule has 0 amide bonds. The quantitative estimate of drug-likeness (QED) is 0.777. The number of anilines is 1. The molecule has 0 fully saturated rings. The molecule has 2 heterocycles. The molecule has 0 aliphatic carbocycles. The molecule has 0 spiro atoms. The molecule has 0 bridgehead atoms. The topological polar surface area (TPSA) is 64.9 Å². The Labute approximate surface area is 112 Å². The van der Waals surface area contributed by atoms with Gasteiger partial charge in [-0.05, 0) is 24.6 Å². The van der Waals surface area contributed by atoms with Crippen LogP contribution >= 0.6 is 11.3 Å². The normalized spacial score (nSPS) is 10.8. The van der Waals surface area contributed by atoms with E-state index in [1.165, 1.54) is 23.5 Å². The molecular formula is C13H10FN3OS. The Hall–Kier alpha value is -2.21. The maximum atomic E-state index is 13.3. The third-order valence-electron chi connectivity index (χ3n) is 2.68. The highest BCUT2D eigenvalue weighted by Crippen LogP contribution is 2.36. The van der Waals surface area contributed by atoms with Crippen LogP contribution in [0, 0.1) is 12.7 Å². The first-order valence-electron chi connectivity index (χ1n) is 5.59. The molecule has 0 saturated heterocycles. The summed E-state index contributed by atoms with van der Waals surface area (Å²) in [6.07, 6.45) is 0. The summed E-state index contributed by atoms with van der Waals surface area (Å²) < 4.78 is 18.6. The predicted octanol–water partition coefficient (Wildman–Crippen LogP) is 3.49. The number of nitrogens with zero attached hydrogens (tertiary/aromatic N) is 2. The molecule has 2 N–H and O–H groups in total. The molecule has 0 aliphatic rings. The van der Waals surface area contributed by atoms with Crippen LogP contribution in [0.3, 0.4) is 0 Å². The van der Waals surface area contributed by atoms with Crippen molar-refractivity contribution in [2.45, 2.75) is 6.92 Å². The molecule has 4 nitrogen and oxygen atoms in total. The summed E-state index contributed by atoms with van der Waals surface area (Å²) in [5.74, 6) is 0.359. The van der Waals surface area contributed by atoms with Crippen molar-refractivity contribution in [2.75, 3.05) is 5.73 Å². The van der Waals surface area contributed by atoms with Gasteiger partial charge in [-0.3, -0.25) is 0 Å². The van der Waals surface area contributed by atoms with E-state index >= 15 is 0 Å². The van der Waals surface area contributed by atoms with Gasteiger partial charge in [-0.25, -0.2) is 9.37 Å². The van der Waals surface area contributed by atoms with Crippen LogP contribution < -0.4 is 5.73 Å². The molecule has 3 aromatic rings. The number of nitrogen functional groups attached to an aromatic ring is 1.